The molecule has 5 atom stereocenters. The van der Waals surface area contributed by atoms with Crippen LogP contribution in [0.25, 0.3) is 0 Å². The van der Waals surface area contributed by atoms with E-state index in [1.165, 1.54) is 103 Å². The topological polar surface area (TPSA) is 237 Å². The molecule has 0 fully saturated rings. The first-order valence-electron chi connectivity index (χ1n) is 41.1. The van der Waals surface area contributed by atoms with Crippen LogP contribution in [0, 0.1) is 0 Å². The van der Waals surface area contributed by atoms with E-state index in [2.05, 4.69) is 125 Å². The van der Waals surface area contributed by atoms with E-state index in [0.29, 0.717) is 32.1 Å². The number of carbonyl (C=O) groups is 4. The van der Waals surface area contributed by atoms with Gasteiger partial charge in [-0.1, -0.05) is 310 Å². The zero-order valence-electron chi connectivity index (χ0n) is 65.7. The molecule has 0 bridgehead atoms. The molecule has 600 valence electrons. The molecule has 0 amide bonds. The average molecular weight is 1500 g/mol. The molecule has 0 spiro atoms. The monoisotopic (exact) mass is 1500 g/mol. The zero-order valence-corrected chi connectivity index (χ0v) is 67.5. The van der Waals surface area contributed by atoms with E-state index in [-0.39, 0.29) is 25.7 Å². The zero-order chi connectivity index (χ0) is 76.0. The van der Waals surface area contributed by atoms with Gasteiger partial charge in [-0.2, -0.15) is 0 Å². The fourth-order valence-electron chi connectivity index (χ4n) is 11.0. The molecule has 0 saturated carbocycles. The molecular weight excluding hydrogens is 1350 g/mol. The number of aliphatic hydroxyl groups excluding tert-OH is 1. The summed E-state index contributed by atoms with van der Waals surface area (Å²) in [5, 5.41) is 10.7. The number of ether oxygens (including phenoxy) is 4. The van der Waals surface area contributed by atoms with Gasteiger partial charge in [0.2, 0.25) is 0 Å². The predicted molar refractivity (Wildman–Crippen MR) is 427 cm³/mol. The normalized spacial score (nSPS) is 14.4. The van der Waals surface area contributed by atoms with Gasteiger partial charge < -0.3 is 33.8 Å². The van der Waals surface area contributed by atoms with Crippen molar-refractivity contribution in [2.45, 2.75) is 367 Å². The van der Waals surface area contributed by atoms with E-state index >= 15 is 0 Å². The van der Waals surface area contributed by atoms with E-state index in [0.717, 1.165) is 161 Å². The summed E-state index contributed by atoms with van der Waals surface area (Å²) in [4.78, 5) is 73.1. The van der Waals surface area contributed by atoms with Crippen LogP contribution >= 0.6 is 15.6 Å². The van der Waals surface area contributed by atoms with Crippen LogP contribution in [0.4, 0.5) is 0 Å². The fraction of sp³-hybridized carbons (Fsp3) is 0.741. The number of phosphoric acid groups is 2. The van der Waals surface area contributed by atoms with E-state index in [1.807, 2.05) is 12.2 Å². The summed E-state index contributed by atoms with van der Waals surface area (Å²) in [6, 6.07) is 0. The first kappa shape index (κ1) is 99.7. The highest BCUT2D eigenvalue weighted by Crippen LogP contribution is 2.45. The minimum atomic E-state index is -4.99. The van der Waals surface area contributed by atoms with Crippen molar-refractivity contribution >= 4 is 39.5 Å². The van der Waals surface area contributed by atoms with Crippen LogP contribution in [0.2, 0.25) is 0 Å². The molecule has 5 unspecified atom stereocenters. The molecule has 0 aromatic carbocycles. The molecule has 104 heavy (non-hydrogen) atoms. The largest absolute Gasteiger partial charge is 0.472 e. The third-order valence-electron chi connectivity index (χ3n) is 17.2. The Morgan fingerprint density at radius 1 is 0.279 bits per heavy atom. The molecule has 0 rings (SSSR count). The lowest BCUT2D eigenvalue weighted by Gasteiger charge is -2.21. The van der Waals surface area contributed by atoms with Gasteiger partial charge in [-0.25, -0.2) is 9.13 Å². The first-order chi connectivity index (χ1) is 50.7. The molecule has 0 saturated heterocycles. The number of phosphoric ester groups is 2. The van der Waals surface area contributed by atoms with Crippen molar-refractivity contribution in [1.82, 2.24) is 0 Å². The minimum Gasteiger partial charge on any atom is -0.462 e. The number of esters is 4. The second kappa shape index (κ2) is 76.9. The highest BCUT2D eigenvalue weighted by atomic mass is 31.2. The van der Waals surface area contributed by atoms with Crippen molar-refractivity contribution in [3.63, 3.8) is 0 Å². The van der Waals surface area contributed by atoms with Gasteiger partial charge in [0.25, 0.3) is 0 Å². The Kier molecular flexibility index (Phi) is 73.7. The Balaban J connectivity index is 5.40. The molecular formula is C85H148O17P2. The molecule has 3 N–H and O–H groups in total. The summed E-state index contributed by atoms with van der Waals surface area (Å²) in [5.41, 5.74) is 0. The maximum Gasteiger partial charge on any atom is 0.472 e. The van der Waals surface area contributed by atoms with Crippen LogP contribution in [0.15, 0.2) is 109 Å². The lowest BCUT2D eigenvalue weighted by Crippen LogP contribution is -2.30. The van der Waals surface area contributed by atoms with Crippen molar-refractivity contribution in [2.75, 3.05) is 39.6 Å². The predicted octanol–water partition coefficient (Wildman–Crippen LogP) is 24.1. The lowest BCUT2D eigenvalue weighted by atomic mass is 10.0. The van der Waals surface area contributed by atoms with Crippen molar-refractivity contribution in [2.24, 2.45) is 0 Å². The Labute approximate surface area is 632 Å². The number of allylic oxidation sites excluding steroid dienone is 18. The Bertz CT molecular complexity index is 2390. The fourth-order valence-corrected chi connectivity index (χ4v) is 12.6. The molecule has 0 aliphatic heterocycles. The summed E-state index contributed by atoms with van der Waals surface area (Å²) >= 11 is 0. The van der Waals surface area contributed by atoms with Crippen LogP contribution in [0.5, 0.6) is 0 Å². The highest BCUT2D eigenvalue weighted by molar-refractivity contribution is 7.47. The Morgan fingerprint density at radius 3 is 0.817 bits per heavy atom. The standard InChI is InChI=1S/C85H148O17P2/c1-5-9-13-17-21-25-29-33-37-39-43-45-49-53-57-61-65-69-82(87)95-75-80(101-84(89)71-67-63-59-55-51-47-41-35-31-27-23-19-15-11-7-3)77-99-103(91,92)97-73-79(86)74-98-104(93,94)100-78-81(102-85(90)72-68-64-60-56-52-48-42-36-32-28-24-20-16-12-8-4)76-96-83(88)70-66-62-58-54-50-46-44-40-38-34-30-26-22-18-14-10-6-2/h9-10,13-14,21-22,25-26,33-35,37-38,41,44,46,54,58,79-81,86H,5-8,11-12,15-20,23-24,27-32,36,39-40,42-43,45,47-53,55-57,59-78H2,1-4H3,(H,91,92)(H,93,94)/b13-9-,14-10-,25-21-,26-22-,37-33-,38-34-,41-35-,46-44-,58-54-. The molecule has 0 aliphatic carbocycles. The molecule has 0 aliphatic rings. The number of rotatable bonds is 77. The van der Waals surface area contributed by atoms with Crippen molar-refractivity contribution in [3.05, 3.63) is 109 Å². The molecule has 17 nitrogen and oxygen atoms in total. The van der Waals surface area contributed by atoms with Crippen LogP contribution in [0.3, 0.4) is 0 Å². The summed E-state index contributed by atoms with van der Waals surface area (Å²) in [6.07, 6.45) is 83.5. The second-order valence-electron chi connectivity index (χ2n) is 27.3. The SMILES string of the molecule is CC/C=C\C/C=C\C/C=C\C/C=C\C/C=C\CCCC(=O)OCC(COP(=O)(O)OCC(O)COP(=O)(O)OCC(COC(=O)CCCCCCCCC/C=C\C/C=C\C/C=C\CC)OC(=O)CCCCCCC/C=C\CCCCCCCC)OC(=O)CCCCCCCCCCCCCCCCC. The minimum absolute atomic E-state index is 0.0819. The Hall–Kier alpha value is -4.28. The molecule has 0 heterocycles. The third-order valence-corrected chi connectivity index (χ3v) is 19.1. The summed E-state index contributed by atoms with van der Waals surface area (Å²) in [5.74, 6) is -2.24. The summed E-state index contributed by atoms with van der Waals surface area (Å²) in [6.45, 7) is 4.62. The van der Waals surface area contributed by atoms with Gasteiger partial charge in [0.05, 0.1) is 26.4 Å². The Morgan fingerprint density at radius 2 is 0.510 bits per heavy atom. The number of hydrogen-bond acceptors (Lipinski definition) is 15. The van der Waals surface area contributed by atoms with Gasteiger partial charge in [-0.3, -0.25) is 37.3 Å². The van der Waals surface area contributed by atoms with E-state index in [9.17, 15) is 43.2 Å². The van der Waals surface area contributed by atoms with Crippen molar-refractivity contribution < 1.29 is 80.2 Å². The number of aliphatic hydroxyl groups is 1. The average Bonchev–Trinajstić information content (AvgIpc) is 0.937. The molecule has 0 aromatic rings. The molecule has 0 aromatic heterocycles. The first-order valence-corrected chi connectivity index (χ1v) is 44.1. The number of carbonyl (C=O) groups excluding carboxylic acids is 4. The molecule has 19 heteroatoms. The van der Waals surface area contributed by atoms with E-state index < -0.39 is 97.5 Å². The van der Waals surface area contributed by atoms with E-state index in [1.54, 1.807) is 0 Å². The maximum atomic E-state index is 13.1. The highest BCUT2D eigenvalue weighted by Gasteiger charge is 2.30. The van der Waals surface area contributed by atoms with Crippen molar-refractivity contribution in [1.29, 1.82) is 0 Å². The third kappa shape index (κ3) is 75.9. The van der Waals surface area contributed by atoms with Gasteiger partial charge in [0.15, 0.2) is 12.2 Å². The van der Waals surface area contributed by atoms with Gasteiger partial charge in [-0.15, -0.1) is 0 Å². The number of hydrogen-bond donors (Lipinski definition) is 3. The van der Waals surface area contributed by atoms with Crippen LogP contribution in [0.1, 0.15) is 349 Å². The van der Waals surface area contributed by atoms with E-state index in [4.69, 9.17) is 37.0 Å². The quantitative estimate of drug-likeness (QED) is 0.0169. The van der Waals surface area contributed by atoms with Gasteiger partial charge in [-0.05, 0) is 122 Å². The van der Waals surface area contributed by atoms with Gasteiger partial charge >= 0.3 is 39.5 Å². The van der Waals surface area contributed by atoms with Crippen molar-refractivity contribution in [3.8, 4) is 0 Å². The van der Waals surface area contributed by atoms with Crippen LogP contribution < -0.4 is 0 Å². The second-order valence-corrected chi connectivity index (χ2v) is 30.2. The van der Waals surface area contributed by atoms with Crippen LogP contribution in [-0.2, 0) is 65.4 Å². The summed E-state index contributed by atoms with van der Waals surface area (Å²) in [7, 11) is -9.97. The number of unbranched alkanes of at least 4 members (excludes halogenated alkanes) is 33. The maximum absolute atomic E-state index is 13.1. The smallest absolute Gasteiger partial charge is 0.462 e. The molecule has 0 radical (unpaired) electrons. The summed E-state index contributed by atoms with van der Waals surface area (Å²) < 4.78 is 68.6. The van der Waals surface area contributed by atoms with Gasteiger partial charge in [0.1, 0.15) is 19.3 Å². The van der Waals surface area contributed by atoms with Gasteiger partial charge in [0, 0.05) is 25.7 Å². The van der Waals surface area contributed by atoms with Crippen LogP contribution in [-0.4, -0.2) is 96.7 Å². The lowest BCUT2D eigenvalue weighted by molar-refractivity contribution is -0.161.